The van der Waals surface area contributed by atoms with Crippen LogP contribution in [0.5, 0.6) is 0 Å². The number of benzene rings is 1. The van der Waals surface area contributed by atoms with E-state index in [2.05, 4.69) is 4.98 Å². The van der Waals surface area contributed by atoms with E-state index in [1.54, 1.807) is 7.05 Å². The van der Waals surface area contributed by atoms with E-state index in [0.29, 0.717) is 6.54 Å². The fourth-order valence-corrected chi connectivity index (χ4v) is 2.72. The third kappa shape index (κ3) is 2.27. The van der Waals surface area contributed by atoms with Crippen LogP contribution in [0, 0.1) is 0 Å². The molecule has 1 aromatic carbocycles. The lowest BCUT2D eigenvalue weighted by atomic mass is 10.2. The zero-order valence-corrected chi connectivity index (χ0v) is 11.5. The van der Waals surface area contributed by atoms with Crippen LogP contribution in [-0.4, -0.2) is 43.2 Å². The minimum atomic E-state index is -3.37. The Balaban J connectivity index is 2.30. The highest BCUT2D eigenvalue weighted by molar-refractivity contribution is 7.86. The zero-order chi connectivity index (χ0) is 13.3. The first kappa shape index (κ1) is 13.1. The van der Waals surface area contributed by atoms with Gasteiger partial charge in [-0.2, -0.15) is 17.0 Å². The molecule has 0 atom stereocenters. The molecule has 1 N–H and O–H groups in total. The number of para-hydroxylation sites is 1. The molecule has 0 aliphatic heterocycles. The number of hydrogen-bond acceptors (Lipinski definition) is 2. The van der Waals surface area contributed by atoms with Crippen molar-refractivity contribution in [1.82, 2.24) is 13.6 Å². The summed E-state index contributed by atoms with van der Waals surface area (Å²) in [6.07, 6.45) is 1.85. The van der Waals surface area contributed by atoms with Gasteiger partial charge >= 0.3 is 0 Å². The molecule has 18 heavy (non-hydrogen) atoms. The molecular formula is C12H17N3O2S. The van der Waals surface area contributed by atoms with Crippen LogP contribution in [0.1, 0.15) is 5.56 Å². The summed E-state index contributed by atoms with van der Waals surface area (Å²) in [6.45, 7) is 0.352. The lowest BCUT2D eigenvalue weighted by Gasteiger charge is -2.20. The standard InChI is InChI=1S/C12H17N3O2S/c1-14(2)18(16,17)15(3)9-10-8-13-12-7-5-4-6-11(10)12/h4-8,13H,9H2,1-3H3. The summed E-state index contributed by atoms with van der Waals surface area (Å²) in [7, 11) is 1.27. The van der Waals surface area contributed by atoms with Gasteiger partial charge in [-0.3, -0.25) is 0 Å². The second kappa shape index (κ2) is 4.72. The highest BCUT2D eigenvalue weighted by Gasteiger charge is 2.21. The number of H-pyrrole nitrogens is 1. The number of hydrogen-bond donors (Lipinski definition) is 1. The number of fused-ring (bicyclic) bond motifs is 1. The van der Waals surface area contributed by atoms with Crippen molar-refractivity contribution >= 4 is 21.1 Å². The van der Waals surface area contributed by atoms with Gasteiger partial charge in [0, 0.05) is 44.8 Å². The predicted octanol–water partition coefficient (Wildman–Crippen LogP) is 1.41. The van der Waals surface area contributed by atoms with Crippen molar-refractivity contribution in [2.45, 2.75) is 6.54 Å². The van der Waals surface area contributed by atoms with Crippen molar-refractivity contribution in [2.24, 2.45) is 0 Å². The Labute approximate surface area is 107 Å². The fraction of sp³-hybridized carbons (Fsp3) is 0.333. The van der Waals surface area contributed by atoms with Crippen LogP contribution in [0.3, 0.4) is 0 Å². The number of nitrogens with zero attached hydrogens (tertiary/aromatic N) is 2. The van der Waals surface area contributed by atoms with Gasteiger partial charge in [0.05, 0.1) is 0 Å². The third-order valence-corrected chi connectivity index (χ3v) is 4.76. The molecule has 2 aromatic rings. The molecule has 5 nitrogen and oxygen atoms in total. The molecule has 0 saturated carbocycles. The fourth-order valence-electron chi connectivity index (χ4n) is 1.86. The summed E-state index contributed by atoms with van der Waals surface area (Å²) < 4.78 is 26.4. The maximum absolute atomic E-state index is 11.9. The van der Waals surface area contributed by atoms with Gasteiger partial charge in [-0.15, -0.1) is 0 Å². The molecule has 2 rings (SSSR count). The monoisotopic (exact) mass is 267 g/mol. The molecule has 0 fully saturated rings. The first-order chi connectivity index (χ1) is 8.43. The van der Waals surface area contributed by atoms with E-state index >= 15 is 0 Å². The first-order valence-electron chi connectivity index (χ1n) is 5.61. The van der Waals surface area contributed by atoms with Crippen LogP contribution >= 0.6 is 0 Å². The van der Waals surface area contributed by atoms with Gasteiger partial charge in [-0.05, 0) is 11.6 Å². The van der Waals surface area contributed by atoms with Crippen molar-refractivity contribution < 1.29 is 8.42 Å². The smallest absolute Gasteiger partial charge is 0.281 e. The molecule has 1 aromatic heterocycles. The van der Waals surface area contributed by atoms with E-state index in [0.717, 1.165) is 16.5 Å². The van der Waals surface area contributed by atoms with Crippen molar-refractivity contribution in [1.29, 1.82) is 0 Å². The highest BCUT2D eigenvalue weighted by Crippen LogP contribution is 2.20. The molecule has 0 aliphatic carbocycles. The molecule has 0 amide bonds. The first-order valence-corrected chi connectivity index (χ1v) is 7.01. The lowest BCUT2D eigenvalue weighted by molar-refractivity contribution is 0.415. The molecule has 98 valence electrons. The maximum atomic E-state index is 11.9. The van der Waals surface area contributed by atoms with Crippen molar-refractivity contribution in [2.75, 3.05) is 21.1 Å². The van der Waals surface area contributed by atoms with Gasteiger partial charge in [0.1, 0.15) is 0 Å². The Bertz CT molecular complexity index is 646. The Morgan fingerprint density at radius 1 is 1.17 bits per heavy atom. The van der Waals surface area contributed by atoms with Crippen LogP contribution in [0.25, 0.3) is 10.9 Å². The Kier molecular flexibility index (Phi) is 3.43. The van der Waals surface area contributed by atoms with E-state index in [4.69, 9.17) is 0 Å². The van der Waals surface area contributed by atoms with E-state index in [-0.39, 0.29) is 0 Å². The van der Waals surface area contributed by atoms with E-state index in [1.165, 1.54) is 22.7 Å². The number of nitrogens with one attached hydrogen (secondary N) is 1. The van der Waals surface area contributed by atoms with Gasteiger partial charge in [-0.1, -0.05) is 18.2 Å². The van der Waals surface area contributed by atoms with E-state index in [1.807, 2.05) is 30.5 Å². The van der Waals surface area contributed by atoms with Crippen LogP contribution < -0.4 is 0 Å². The van der Waals surface area contributed by atoms with Crippen molar-refractivity contribution in [3.63, 3.8) is 0 Å². The number of aromatic nitrogens is 1. The van der Waals surface area contributed by atoms with Crippen LogP contribution in [0.2, 0.25) is 0 Å². The molecule has 0 radical (unpaired) electrons. The summed E-state index contributed by atoms with van der Waals surface area (Å²) in [5, 5.41) is 1.05. The summed E-state index contributed by atoms with van der Waals surface area (Å²) in [4.78, 5) is 3.14. The van der Waals surface area contributed by atoms with Crippen LogP contribution in [0.4, 0.5) is 0 Å². The number of aromatic amines is 1. The number of rotatable bonds is 4. The summed E-state index contributed by atoms with van der Waals surface area (Å²) in [5.74, 6) is 0. The SMILES string of the molecule is CN(C)S(=O)(=O)N(C)Cc1c[nH]c2ccccc12. The molecule has 0 spiro atoms. The predicted molar refractivity (Wildman–Crippen MR) is 72.4 cm³/mol. The van der Waals surface area contributed by atoms with Crippen LogP contribution in [0.15, 0.2) is 30.5 Å². The topological polar surface area (TPSA) is 56.4 Å². The van der Waals surface area contributed by atoms with Gasteiger partial charge in [-0.25, -0.2) is 0 Å². The van der Waals surface area contributed by atoms with Gasteiger partial charge in [0.25, 0.3) is 10.2 Å². The summed E-state index contributed by atoms with van der Waals surface area (Å²) in [5.41, 5.74) is 1.99. The molecular weight excluding hydrogens is 250 g/mol. The Morgan fingerprint density at radius 2 is 1.83 bits per heavy atom. The lowest BCUT2D eigenvalue weighted by Crippen LogP contribution is -2.36. The van der Waals surface area contributed by atoms with Crippen LogP contribution in [-0.2, 0) is 16.8 Å². The normalized spacial score (nSPS) is 12.7. The summed E-state index contributed by atoms with van der Waals surface area (Å²) in [6, 6.07) is 7.85. The average molecular weight is 267 g/mol. The summed E-state index contributed by atoms with van der Waals surface area (Å²) >= 11 is 0. The van der Waals surface area contributed by atoms with Gasteiger partial charge < -0.3 is 4.98 Å². The van der Waals surface area contributed by atoms with Gasteiger partial charge in [0.2, 0.25) is 0 Å². The second-order valence-electron chi connectivity index (χ2n) is 4.41. The zero-order valence-electron chi connectivity index (χ0n) is 10.7. The van der Waals surface area contributed by atoms with E-state index < -0.39 is 10.2 Å². The average Bonchev–Trinajstić information content (AvgIpc) is 2.72. The molecule has 0 bridgehead atoms. The Hall–Kier alpha value is -1.37. The maximum Gasteiger partial charge on any atom is 0.281 e. The molecule has 0 saturated heterocycles. The quantitative estimate of drug-likeness (QED) is 0.910. The molecule has 0 unspecified atom stereocenters. The Morgan fingerprint density at radius 3 is 2.50 bits per heavy atom. The van der Waals surface area contributed by atoms with E-state index in [9.17, 15) is 8.42 Å². The highest BCUT2D eigenvalue weighted by atomic mass is 32.2. The third-order valence-electron chi connectivity index (χ3n) is 2.92. The van der Waals surface area contributed by atoms with Gasteiger partial charge in [0.15, 0.2) is 0 Å². The molecule has 0 aliphatic rings. The second-order valence-corrected chi connectivity index (χ2v) is 6.66. The minimum absolute atomic E-state index is 0.352. The molecule has 6 heteroatoms. The molecule has 1 heterocycles. The van der Waals surface area contributed by atoms with Crippen molar-refractivity contribution in [3.05, 3.63) is 36.0 Å². The minimum Gasteiger partial charge on any atom is -0.361 e. The van der Waals surface area contributed by atoms with Crippen molar-refractivity contribution in [3.8, 4) is 0 Å². The largest absolute Gasteiger partial charge is 0.361 e.